The molecule has 0 radical (unpaired) electrons. The first-order chi connectivity index (χ1) is 12.0. The average Bonchev–Trinajstić information content (AvgIpc) is 3.00. The molecule has 138 valence electrons. The highest BCUT2D eigenvalue weighted by molar-refractivity contribution is 7.98. The van der Waals surface area contributed by atoms with Gasteiger partial charge < -0.3 is 9.80 Å². The summed E-state index contributed by atoms with van der Waals surface area (Å²) in [5.74, 6) is -0.352. The predicted octanol–water partition coefficient (Wildman–Crippen LogP) is 3.53. The molecule has 2 fully saturated rings. The first-order valence-electron chi connectivity index (χ1n) is 8.99. The Hall–Kier alpha value is -1.14. The van der Waals surface area contributed by atoms with Gasteiger partial charge in [-0.25, -0.2) is 8.78 Å². The van der Waals surface area contributed by atoms with Crippen LogP contribution in [-0.4, -0.2) is 53.9 Å². The summed E-state index contributed by atoms with van der Waals surface area (Å²) in [7, 11) is 0. The van der Waals surface area contributed by atoms with Crippen molar-refractivity contribution < 1.29 is 13.6 Å². The third-order valence-electron chi connectivity index (χ3n) is 5.44. The maximum Gasteiger partial charge on any atom is 0.230 e. The Labute approximate surface area is 152 Å². The fraction of sp³-hybridized carbons (Fsp3) is 0.632. The van der Waals surface area contributed by atoms with Gasteiger partial charge >= 0.3 is 0 Å². The van der Waals surface area contributed by atoms with Gasteiger partial charge in [-0.15, -0.1) is 0 Å². The van der Waals surface area contributed by atoms with Crippen molar-refractivity contribution in [2.45, 2.75) is 32.2 Å². The van der Waals surface area contributed by atoms with E-state index in [2.05, 4.69) is 11.2 Å². The molecule has 2 heterocycles. The number of hydrogen-bond acceptors (Lipinski definition) is 3. The fourth-order valence-electron chi connectivity index (χ4n) is 4.12. The fourth-order valence-corrected chi connectivity index (χ4v) is 4.54. The number of amides is 1. The molecule has 1 unspecified atom stereocenters. The lowest BCUT2D eigenvalue weighted by molar-refractivity contribution is -0.146. The Kier molecular flexibility index (Phi) is 6.00. The lowest BCUT2D eigenvalue weighted by Crippen LogP contribution is -2.49. The highest BCUT2D eigenvalue weighted by Crippen LogP contribution is 2.40. The van der Waals surface area contributed by atoms with Gasteiger partial charge in [0.25, 0.3) is 0 Å². The van der Waals surface area contributed by atoms with Crippen LogP contribution in [0, 0.1) is 17.0 Å². The minimum Gasteiger partial charge on any atom is -0.338 e. The van der Waals surface area contributed by atoms with Gasteiger partial charge in [0.15, 0.2) is 11.6 Å². The van der Waals surface area contributed by atoms with Crippen LogP contribution >= 0.6 is 11.8 Å². The predicted molar refractivity (Wildman–Crippen MR) is 97.5 cm³/mol. The van der Waals surface area contributed by atoms with Crippen molar-refractivity contribution in [3.63, 3.8) is 0 Å². The molecule has 25 heavy (non-hydrogen) atoms. The van der Waals surface area contributed by atoms with Crippen LogP contribution in [0.25, 0.3) is 0 Å². The van der Waals surface area contributed by atoms with Gasteiger partial charge in [0.1, 0.15) is 0 Å². The molecule has 1 atom stereocenters. The number of hydrogen-bond donors (Lipinski definition) is 0. The molecule has 1 amide bonds. The van der Waals surface area contributed by atoms with Crippen molar-refractivity contribution in [3.8, 4) is 0 Å². The molecular formula is C19H26F2N2OS. The second-order valence-corrected chi connectivity index (χ2v) is 8.22. The quantitative estimate of drug-likeness (QED) is 0.718. The van der Waals surface area contributed by atoms with E-state index in [4.69, 9.17) is 0 Å². The summed E-state index contributed by atoms with van der Waals surface area (Å²) in [5, 5.41) is 0. The first-order valence-corrected chi connectivity index (χ1v) is 10.4. The number of carbonyl (C=O) groups excluding carboxylic acids is 1. The largest absolute Gasteiger partial charge is 0.338 e. The van der Waals surface area contributed by atoms with Gasteiger partial charge in [-0.2, -0.15) is 11.8 Å². The Morgan fingerprint density at radius 2 is 2.04 bits per heavy atom. The molecule has 0 N–H and O–H groups in total. The van der Waals surface area contributed by atoms with Crippen LogP contribution in [0.5, 0.6) is 0 Å². The number of halogens is 2. The third kappa shape index (κ3) is 4.17. The van der Waals surface area contributed by atoms with Crippen LogP contribution in [0.2, 0.25) is 0 Å². The number of piperidine rings is 1. The van der Waals surface area contributed by atoms with Gasteiger partial charge in [-0.1, -0.05) is 6.07 Å². The zero-order valence-electron chi connectivity index (χ0n) is 14.8. The number of benzene rings is 1. The Bertz CT molecular complexity index is 627. The van der Waals surface area contributed by atoms with E-state index in [9.17, 15) is 13.6 Å². The van der Waals surface area contributed by atoms with Crippen molar-refractivity contribution in [2.75, 3.05) is 38.2 Å². The van der Waals surface area contributed by atoms with Gasteiger partial charge in [0.2, 0.25) is 5.91 Å². The number of rotatable bonds is 6. The lowest BCUT2D eigenvalue weighted by Gasteiger charge is -2.39. The van der Waals surface area contributed by atoms with Crippen molar-refractivity contribution in [3.05, 3.63) is 35.4 Å². The average molecular weight is 368 g/mol. The zero-order chi connectivity index (χ0) is 17.9. The minimum atomic E-state index is -0.850. The summed E-state index contributed by atoms with van der Waals surface area (Å²) in [5.41, 5.74) is 0.384. The van der Waals surface area contributed by atoms with Crippen molar-refractivity contribution in [2.24, 2.45) is 5.41 Å². The summed E-state index contributed by atoms with van der Waals surface area (Å²) >= 11 is 1.86. The number of carbonyl (C=O) groups is 1. The number of thioether (sulfide) groups is 1. The summed E-state index contributed by atoms with van der Waals surface area (Å²) < 4.78 is 26.5. The molecule has 2 aliphatic rings. The Morgan fingerprint density at radius 3 is 2.80 bits per heavy atom. The van der Waals surface area contributed by atoms with E-state index in [1.807, 2.05) is 16.7 Å². The molecule has 2 aliphatic heterocycles. The zero-order valence-corrected chi connectivity index (χ0v) is 15.6. The van der Waals surface area contributed by atoms with E-state index in [-0.39, 0.29) is 11.3 Å². The molecule has 0 bridgehead atoms. The maximum absolute atomic E-state index is 13.4. The summed E-state index contributed by atoms with van der Waals surface area (Å²) in [4.78, 5) is 17.4. The molecule has 3 nitrogen and oxygen atoms in total. The van der Waals surface area contributed by atoms with Crippen molar-refractivity contribution in [1.82, 2.24) is 9.80 Å². The maximum atomic E-state index is 13.4. The molecule has 6 heteroatoms. The van der Waals surface area contributed by atoms with Gasteiger partial charge in [0.05, 0.1) is 5.41 Å². The topological polar surface area (TPSA) is 23.6 Å². The normalized spacial score (nSPS) is 24.4. The molecule has 0 aromatic heterocycles. The van der Waals surface area contributed by atoms with Crippen LogP contribution in [0.15, 0.2) is 18.2 Å². The SMILES string of the molecule is CSCCCN1CCC2(CCCN(Cc3ccc(F)c(F)c3)C2=O)C1. The summed E-state index contributed by atoms with van der Waals surface area (Å²) in [6.45, 7) is 3.95. The van der Waals surface area contributed by atoms with E-state index in [0.29, 0.717) is 18.7 Å². The van der Waals surface area contributed by atoms with Crippen molar-refractivity contribution >= 4 is 17.7 Å². The van der Waals surface area contributed by atoms with Crippen LogP contribution in [-0.2, 0) is 11.3 Å². The molecule has 1 spiro atoms. The molecule has 1 aromatic rings. The molecule has 2 saturated heterocycles. The van der Waals surface area contributed by atoms with E-state index >= 15 is 0 Å². The number of nitrogens with zero attached hydrogens (tertiary/aromatic N) is 2. The lowest BCUT2D eigenvalue weighted by atomic mass is 9.78. The summed E-state index contributed by atoms with van der Waals surface area (Å²) in [6.07, 6.45) is 6.11. The van der Waals surface area contributed by atoms with Crippen LogP contribution < -0.4 is 0 Å². The van der Waals surface area contributed by atoms with E-state index in [1.165, 1.54) is 6.07 Å². The standard InChI is InChI=1S/C19H26F2N2OS/c1-25-11-3-8-22-10-7-19(14-22)6-2-9-23(18(19)24)13-15-4-5-16(20)17(21)12-15/h4-5,12H,2-3,6-11,13-14H2,1H3. The molecule has 0 saturated carbocycles. The second-order valence-electron chi connectivity index (χ2n) is 7.23. The Balaban J connectivity index is 1.64. The van der Waals surface area contributed by atoms with E-state index in [0.717, 1.165) is 57.1 Å². The molecular weight excluding hydrogens is 342 g/mol. The smallest absolute Gasteiger partial charge is 0.230 e. The number of likely N-dealkylation sites (tertiary alicyclic amines) is 2. The highest BCUT2D eigenvalue weighted by atomic mass is 32.2. The molecule has 0 aliphatic carbocycles. The van der Waals surface area contributed by atoms with Gasteiger partial charge in [-0.05, 0) is 68.5 Å². The van der Waals surface area contributed by atoms with Crippen LogP contribution in [0.4, 0.5) is 8.78 Å². The molecule has 3 rings (SSSR count). The van der Waals surface area contributed by atoms with Gasteiger partial charge in [-0.3, -0.25) is 4.79 Å². The highest BCUT2D eigenvalue weighted by Gasteiger charge is 2.47. The van der Waals surface area contributed by atoms with Gasteiger partial charge in [0, 0.05) is 19.6 Å². The third-order valence-corrected chi connectivity index (χ3v) is 6.13. The van der Waals surface area contributed by atoms with Crippen molar-refractivity contribution in [1.29, 1.82) is 0 Å². The summed E-state index contributed by atoms with van der Waals surface area (Å²) in [6, 6.07) is 3.90. The van der Waals surface area contributed by atoms with Crippen LogP contribution in [0.1, 0.15) is 31.2 Å². The molecule has 1 aromatic carbocycles. The first kappa shape index (κ1) is 18.6. The minimum absolute atomic E-state index is 0.191. The van der Waals surface area contributed by atoms with Crippen LogP contribution in [0.3, 0.4) is 0 Å². The van der Waals surface area contributed by atoms with E-state index < -0.39 is 11.6 Å². The van der Waals surface area contributed by atoms with E-state index in [1.54, 1.807) is 6.07 Å². The monoisotopic (exact) mass is 368 g/mol. The second kappa shape index (κ2) is 8.04. The Morgan fingerprint density at radius 1 is 1.20 bits per heavy atom.